The Balaban J connectivity index is 0.000000714. The Kier molecular flexibility index (Phi) is 8.22. The van der Waals surface area contributed by atoms with Crippen molar-refractivity contribution in [2.24, 2.45) is 5.73 Å². The number of nitrogens with two attached hydrogens (primary N) is 2. The first kappa shape index (κ1) is 25.0. The highest BCUT2D eigenvalue weighted by molar-refractivity contribution is 5.88. The summed E-state index contributed by atoms with van der Waals surface area (Å²) in [5, 5.41) is 2.75. The summed E-state index contributed by atoms with van der Waals surface area (Å²) in [4.78, 5) is 30.5. The largest absolute Gasteiger partial charge is 0.419 e. The van der Waals surface area contributed by atoms with Crippen LogP contribution in [-0.4, -0.2) is 44.8 Å². The quantitative estimate of drug-likeness (QED) is 0.399. The molecule has 3 aromatic rings. The second-order valence-electron chi connectivity index (χ2n) is 6.72. The van der Waals surface area contributed by atoms with Gasteiger partial charge in [0, 0.05) is 36.6 Å². The van der Waals surface area contributed by atoms with Gasteiger partial charge in [0.1, 0.15) is 11.5 Å². The number of imidazole rings is 1. The molecule has 1 aliphatic heterocycles. The van der Waals surface area contributed by atoms with E-state index in [-0.39, 0.29) is 18.0 Å². The number of hydrogen-bond donors (Lipinski definition) is 3. The van der Waals surface area contributed by atoms with Crippen molar-refractivity contribution < 1.29 is 22.8 Å². The number of carbonyl (C=O) groups is 2. The Hall–Kier alpha value is -4.27. The highest BCUT2D eigenvalue weighted by atomic mass is 19.4. The first-order chi connectivity index (χ1) is 15.7. The van der Waals surface area contributed by atoms with E-state index in [0.717, 1.165) is 32.0 Å². The molecule has 1 aliphatic rings. The van der Waals surface area contributed by atoms with Crippen LogP contribution in [0.3, 0.4) is 0 Å². The van der Waals surface area contributed by atoms with Crippen LogP contribution in [0.4, 0.5) is 29.6 Å². The highest BCUT2D eigenvalue weighted by Gasteiger charge is 2.34. The van der Waals surface area contributed by atoms with Crippen molar-refractivity contribution in [2.75, 3.05) is 24.1 Å². The van der Waals surface area contributed by atoms with Gasteiger partial charge >= 0.3 is 12.2 Å². The fourth-order valence-corrected chi connectivity index (χ4v) is 3.19. The van der Waals surface area contributed by atoms with Crippen LogP contribution in [-0.2, 0) is 11.0 Å². The number of fused-ring (bicyclic) bond motifs is 1. The van der Waals surface area contributed by atoms with Gasteiger partial charge in [-0.05, 0) is 31.0 Å². The minimum atomic E-state index is -4.58. The van der Waals surface area contributed by atoms with E-state index < -0.39 is 17.6 Å². The summed E-state index contributed by atoms with van der Waals surface area (Å²) in [7, 11) is 0. The number of amides is 3. The smallest absolute Gasteiger partial charge is 0.383 e. The van der Waals surface area contributed by atoms with Gasteiger partial charge in [0.2, 0.25) is 6.41 Å². The van der Waals surface area contributed by atoms with E-state index in [2.05, 4.69) is 33.9 Å². The number of alkyl halides is 3. The summed E-state index contributed by atoms with van der Waals surface area (Å²) < 4.78 is 40.9. The lowest BCUT2D eigenvalue weighted by atomic mass is 10.1. The molecule has 12 heteroatoms. The zero-order chi connectivity index (χ0) is 24.6. The number of carbonyl (C=O) groups excluding carboxylic acids is 2. The second kappa shape index (κ2) is 10.9. The molecule has 0 unspecified atom stereocenters. The lowest BCUT2D eigenvalue weighted by Gasteiger charge is -2.14. The molecule has 1 saturated heterocycles. The summed E-state index contributed by atoms with van der Waals surface area (Å²) in [6.07, 6.45) is 10.2. The number of urea groups is 1. The Bertz CT molecular complexity index is 1140. The number of rotatable bonds is 2. The number of nitrogens with one attached hydrogen (secondary N) is 1. The molecule has 0 atom stereocenters. The predicted octanol–water partition coefficient (Wildman–Crippen LogP) is 2.98. The number of nitrogens with zero attached hydrogens (tertiary/aromatic N) is 4. The van der Waals surface area contributed by atoms with Crippen molar-refractivity contribution in [1.82, 2.24) is 19.3 Å². The van der Waals surface area contributed by atoms with Crippen molar-refractivity contribution >= 4 is 29.7 Å². The van der Waals surface area contributed by atoms with Gasteiger partial charge in [-0.15, -0.1) is 12.8 Å². The highest BCUT2D eigenvalue weighted by Crippen LogP contribution is 2.35. The van der Waals surface area contributed by atoms with E-state index in [4.69, 9.17) is 10.5 Å². The van der Waals surface area contributed by atoms with Crippen LogP contribution in [0, 0.1) is 12.8 Å². The minimum absolute atomic E-state index is 0.210. The number of aromatic nitrogens is 3. The number of primary amides is 1. The van der Waals surface area contributed by atoms with Crippen LogP contribution in [0.1, 0.15) is 18.4 Å². The van der Waals surface area contributed by atoms with Gasteiger partial charge in [-0.25, -0.2) is 14.8 Å². The van der Waals surface area contributed by atoms with Gasteiger partial charge in [0.25, 0.3) is 0 Å². The Morgan fingerprint density at radius 3 is 2.39 bits per heavy atom. The van der Waals surface area contributed by atoms with Crippen LogP contribution >= 0.6 is 0 Å². The number of pyridine rings is 2. The van der Waals surface area contributed by atoms with Crippen LogP contribution in [0.15, 0.2) is 36.8 Å². The fraction of sp³-hybridized carbons (Fsp3) is 0.238. The molecular weight excluding hydrogens is 439 g/mol. The summed E-state index contributed by atoms with van der Waals surface area (Å²) in [6.45, 7) is 1.43. The number of anilines is 2. The van der Waals surface area contributed by atoms with Crippen molar-refractivity contribution in [2.45, 2.75) is 19.0 Å². The molecule has 4 rings (SSSR count). The maximum atomic E-state index is 13.1. The molecule has 3 amide bonds. The van der Waals surface area contributed by atoms with E-state index >= 15 is 0 Å². The molecule has 33 heavy (non-hydrogen) atoms. The Morgan fingerprint density at radius 2 is 1.79 bits per heavy atom. The number of hydrogen-bond acceptors (Lipinski definition) is 5. The first-order valence-electron chi connectivity index (χ1n) is 9.59. The Labute approximate surface area is 187 Å². The minimum Gasteiger partial charge on any atom is -0.383 e. The number of halogens is 3. The van der Waals surface area contributed by atoms with Gasteiger partial charge < -0.3 is 20.8 Å². The van der Waals surface area contributed by atoms with E-state index in [9.17, 15) is 18.0 Å². The van der Waals surface area contributed by atoms with E-state index in [1.165, 1.54) is 6.20 Å². The summed E-state index contributed by atoms with van der Waals surface area (Å²) >= 11 is 0. The van der Waals surface area contributed by atoms with Crippen molar-refractivity contribution in [1.29, 1.82) is 0 Å². The van der Waals surface area contributed by atoms with Crippen molar-refractivity contribution in [3.8, 4) is 24.0 Å². The number of nitrogen functional groups attached to an aromatic ring is 1. The topological polar surface area (TPSA) is 132 Å². The van der Waals surface area contributed by atoms with Crippen LogP contribution < -0.4 is 16.8 Å². The van der Waals surface area contributed by atoms with Gasteiger partial charge in [0.05, 0.1) is 11.8 Å². The third kappa shape index (κ3) is 6.13. The van der Waals surface area contributed by atoms with Crippen LogP contribution in [0.2, 0.25) is 0 Å². The SMILES string of the molecule is C#C.NC=O.Nc1ncc(-c2ccc3nc(NC(=O)N4CCCC4)cn3c2)cc1C(F)(F)F. The lowest BCUT2D eigenvalue weighted by Crippen LogP contribution is -2.32. The molecule has 0 aromatic carbocycles. The Morgan fingerprint density at radius 1 is 1.15 bits per heavy atom. The second-order valence-corrected chi connectivity index (χ2v) is 6.72. The molecule has 9 nitrogen and oxygen atoms in total. The van der Waals surface area contributed by atoms with Gasteiger partial charge in [-0.3, -0.25) is 10.1 Å². The monoisotopic (exact) mass is 461 g/mol. The zero-order valence-corrected chi connectivity index (χ0v) is 17.4. The predicted molar refractivity (Wildman–Crippen MR) is 118 cm³/mol. The molecule has 4 heterocycles. The molecule has 1 fully saturated rings. The maximum absolute atomic E-state index is 13.1. The molecule has 0 spiro atoms. The standard InChI is InChI=1S/C18H17F3N6O.C2H2.CH3NO/c19-18(20,21)13-7-12(8-23-16(13)22)11-3-4-15-24-14(10-27(15)9-11)25-17(28)26-5-1-2-6-26;1-2;2-1-3/h3-4,7-10H,1-2,5-6H2,(H2,22,23)(H,25,28);1-2H;1H,(H2,2,3). The molecule has 0 aliphatic carbocycles. The molecule has 5 N–H and O–H groups in total. The van der Waals surface area contributed by atoms with Gasteiger partial charge in [-0.2, -0.15) is 13.2 Å². The average Bonchev–Trinajstić information content (AvgIpc) is 3.44. The molecular formula is C21H22F3N7O2. The average molecular weight is 461 g/mol. The number of terminal acetylenes is 1. The van der Waals surface area contributed by atoms with Crippen LogP contribution in [0.5, 0.6) is 0 Å². The first-order valence-corrected chi connectivity index (χ1v) is 9.59. The van der Waals surface area contributed by atoms with E-state index in [1.807, 2.05) is 0 Å². The summed E-state index contributed by atoms with van der Waals surface area (Å²) in [5.74, 6) is -0.188. The summed E-state index contributed by atoms with van der Waals surface area (Å²) in [5.41, 5.74) is 9.89. The molecule has 3 aromatic heterocycles. The third-order valence-corrected chi connectivity index (χ3v) is 4.64. The molecule has 0 saturated carbocycles. The van der Waals surface area contributed by atoms with Gasteiger partial charge in [-0.1, -0.05) is 0 Å². The molecule has 0 bridgehead atoms. The molecule has 174 valence electrons. The zero-order valence-electron chi connectivity index (χ0n) is 17.4. The third-order valence-electron chi connectivity index (χ3n) is 4.64. The summed E-state index contributed by atoms with van der Waals surface area (Å²) in [6, 6.07) is 4.06. The lowest BCUT2D eigenvalue weighted by molar-refractivity contribution is -0.137. The van der Waals surface area contributed by atoms with Gasteiger partial charge in [0.15, 0.2) is 5.82 Å². The van der Waals surface area contributed by atoms with Crippen molar-refractivity contribution in [3.63, 3.8) is 0 Å². The van der Waals surface area contributed by atoms with E-state index in [1.54, 1.807) is 33.8 Å². The van der Waals surface area contributed by atoms with Crippen LogP contribution in [0.25, 0.3) is 16.8 Å². The normalized spacial score (nSPS) is 12.8. The van der Waals surface area contributed by atoms with Crippen molar-refractivity contribution in [3.05, 3.63) is 42.4 Å². The fourth-order valence-electron chi connectivity index (χ4n) is 3.19. The van der Waals surface area contributed by atoms with E-state index in [0.29, 0.717) is 17.0 Å². The number of likely N-dealkylation sites (tertiary alicyclic amines) is 1. The maximum Gasteiger partial charge on any atom is 0.419 e. The molecule has 0 radical (unpaired) electrons.